The minimum atomic E-state index is -0.658. The third-order valence-corrected chi connectivity index (χ3v) is 6.49. The summed E-state index contributed by atoms with van der Waals surface area (Å²) in [5, 5.41) is 0. The molecule has 0 aliphatic heterocycles. The summed E-state index contributed by atoms with van der Waals surface area (Å²) in [6.07, 6.45) is 4.68. The van der Waals surface area contributed by atoms with E-state index in [9.17, 15) is 14.0 Å². The van der Waals surface area contributed by atoms with Crippen molar-refractivity contribution in [2.24, 2.45) is 7.05 Å². The van der Waals surface area contributed by atoms with E-state index in [1.165, 1.54) is 23.5 Å². The summed E-state index contributed by atoms with van der Waals surface area (Å²) in [5.41, 5.74) is 1.16. The molecule has 36 heavy (non-hydrogen) atoms. The van der Waals surface area contributed by atoms with Gasteiger partial charge in [0.05, 0.1) is 15.1 Å². The number of aromatic nitrogens is 3. The van der Waals surface area contributed by atoms with Crippen molar-refractivity contribution in [3.05, 3.63) is 90.6 Å². The van der Waals surface area contributed by atoms with Gasteiger partial charge in [0.25, 0.3) is 0 Å². The molecule has 0 aliphatic carbocycles. The number of hydrogen-bond acceptors (Lipinski definition) is 7. The maximum atomic E-state index is 14.9. The van der Waals surface area contributed by atoms with Gasteiger partial charge in [0.2, 0.25) is 0 Å². The Morgan fingerprint density at radius 3 is 2.58 bits per heavy atom. The van der Waals surface area contributed by atoms with Crippen molar-refractivity contribution in [1.29, 1.82) is 0 Å². The molecule has 0 spiro atoms. The number of imidazole rings is 1. The van der Waals surface area contributed by atoms with E-state index in [1.807, 2.05) is 23.9 Å². The molecule has 9 heteroatoms. The zero-order chi connectivity index (χ0) is 25.1. The molecule has 5 rings (SSSR count). The molecule has 180 valence electrons. The van der Waals surface area contributed by atoms with Crippen LogP contribution in [0.15, 0.2) is 79.3 Å². The maximum absolute atomic E-state index is 14.9. The molecule has 0 amide bonds. The number of fused-ring (bicyclic) bond motifs is 1. The fourth-order valence-electron chi connectivity index (χ4n) is 3.67. The van der Waals surface area contributed by atoms with Crippen molar-refractivity contribution in [3.8, 4) is 28.0 Å². The van der Waals surface area contributed by atoms with Gasteiger partial charge in [-0.3, -0.25) is 14.6 Å². The molecule has 3 aromatic heterocycles. The number of thiophene rings is 1. The number of ether oxygens (including phenoxy) is 2. The van der Waals surface area contributed by atoms with Crippen LogP contribution in [0.2, 0.25) is 0 Å². The number of halogens is 1. The SMILES string of the molecule is Cn1ccnc1-c1cc2nccc(Oc3ccc(CC(=O)CC(=O)Oc4ccccc4)cc3F)c2s1. The van der Waals surface area contributed by atoms with Crippen LogP contribution in [0.3, 0.4) is 0 Å². The van der Waals surface area contributed by atoms with E-state index >= 15 is 0 Å². The molecule has 7 nitrogen and oxygen atoms in total. The Kier molecular flexibility index (Phi) is 6.55. The van der Waals surface area contributed by atoms with Gasteiger partial charge in [0, 0.05) is 38.1 Å². The van der Waals surface area contributed by atoms with E-state index in [1.54, 1.807) is 54.9 Å². The summed E-state index contributed by atoms with van der Waals surface area (Å²) in [4.78, 5) is 34.0. The Labute approximate surface area is 209 Å². The fourth-order valence-corrected chi connectivity index (χ4v) is 4.78. The van der Waals surface area contributed by atoms with Crippen LogP contribution in [-0.2, 0) is 23.1 Å². The van der Waals surface area contributed by atoms with Crippen molar-refractivity contribution in [2.75, 3.05) is 0 Å². The van der Waals surface area contributed by atoms with Crippen LogP contribution in [0.5, 0.6) is 17.2 Å². The second-order valence-electron chi connectivity index (χ2n) is 8.04. The summed E-state index contributed by atoms with van der Waals surface area (Å²) in [7, 11) is 1.91. The van der Waals surface area contributed by atoms with Crippen LogP contribution in [0.1, 0.15) is 12.0 Å². The average Bonchev–Trinajstić information content (AvgIpc) is 3.47. The quantitative estimate of drug-likeness (QED) is 0.153. The van der Waals surface area contributed by atoms with E-state index < -0.39 is 18.2 Å². The first-order valence-corrected chi connectivity index (χ1v) is 11.9. The number of Topliss-reactive ketones (excluding diaryl/α,β-unsaturated/α-hetero) is 1. The van der Waals surface area contributed by atoms with Crippen LogP contribution >= 0.6 is 11.3 Å². The molecular weight excluding hydrogens is 481 g/mol. The number of aryl methyl sites for hydroxylation is 1. The molecule has 0 saturated heterocycles. The molecule has 3 heterocycles. The van der Waals surface area contributed by atoms with Crippen LogP contribution in [-0.4, -0.2) is 26.3 Å². The summed E-state index contributed by atoms with van der Waals surface area (Å²) < 4.78 is 28.6. The van der Waals surface area contributed by atoms with Gasteiger partial charge in [0.15, 0.2) is 11.6 Å². The topological polar surface area (TPSA) is 83.3 Å². The molecule has 0 bridgehead atoms. The van der Waals surface area contributed by atoms with Crippen molar-refractivity contribution in [1.82, 2.24) is 14.5 Å². The number of hydrogen-bond donors (Lipinski definition) is 0. The largest absolute Gasteiger partial charge is 0.453 e. The fraction of sp³-hybridized carbons (Fsp3) is 0.111. The molecule has 5 aromatic rings. The highest BCUT2D eigenvalue weighted by molar-refractivity contribution is 7.22. The van der Waals surface area contributed by atoms with Gasteiger partial charge in [0.1, 0.15) is 29.5 Å². The first-order chi connectivity index (χ1) is 17.5. The van der Waals surface area contributed by atoms with E-state index in [4.69, 9.17) is 9.47 Å². The molecular formula is C27H20FN3O4S. The number of nitrogens with zero attached hydrogens (tertiary/aromatic N) is 3. The number of carbonyl (C=O) groups is 2. The maximum Gasteiger partial charge on any atom is 0.318 e. The number of benzene rings is 2. The molecule has 0 N–H and O–H groups in total. The smallest absolute Gasteiger partial charge is 0.318 e. The van der Waals surface area contributed by atoms with Crippen molar-refractivity contribution in [3.63, 3.8) is 0 Å². The Hall–Kier alpha value is -4.37. The lowest BCUT2D eigenvalue weighted by atomic mass is 10.1. The molecule has 0 unspecified atom stereocenters. The molecule has 0 fully saturated rings. The second kappa shape index (κ2) is 10.1. The molecule has 0 aliphatic rings. The van der Waals surface area contributed by atoms with E-state index in [-0.39, 0.29) is 18.0 Å². The Morgan fingerprint density at radius 2 is 1.83 bits per heavy atom. The minimum absolute atomic E-state index is 0.0223. The van der Waals surface area contributed by atoms with Gasteiger partial charge in [-0.1, -0.05) is 24.3 Å². The third-order valence-electron chi connectivity index (χ3n) is 5.35. The summed E-state index contributed by atoms with van der Waals surface area (Å²) in [6, 6.07) is 16.4. The predicted octanol–water partition coefficient (Wildman–Crippen LogP) is 5.74. The van der Waals surface area contributed by atoms with Gasteiger partial charge in [-0.2, -0.15) is 0 Å². The lowest BCUT2D eigenvalue weighted by Gasteiger charge is -2.09. The Morgan fingerprint density at radius 1 is 1.00 bits per heavy atom. The lowest BCUT2D eigenvalue weighted by molar-refractivity contribution is -0.137. The molecule has 0 saturated carbocycles. The first kappa shape index (κ1) is 23.4. The molecule has 2 aromatic carbocycles. The van der Waals surface area contributed by atoms with Crippen molar-refractivity contribution < 1.29 is 23.5 Å². The summed E-state index contributed by atoms with van der Waals surface area (Å²) in [6.45, 7) is 0. The number of rotatable bonds is 8. The second-order valence-corrected chi connectivity index (χ2v) is 9.09. The number of para-hydroxylation sites is 1. The first-order valence-electron chi connectivity index (χ1n) is 11.1. The minimum Gasteiger partial charge on any atom is -0.453 e. The summed E-state index contributed by atoms with van der Waals surface area (Å²) >= 11 is 1.46. The van der Waals surface area contributed by atoms with Crippen molar-refractivity contribution >= 4 is 33.3 Å². The van der Waals surface area contributed by atoms with Crippen LogP contribution in [0.25, 0.3) is 20.9 Å². The third kappa shape index (κ3) is 5.16. The van der Waals surface area contributed by atoms with Gasteiger partial charge >= 0.3 is 5.97 Å². The number of carbonyl (C=O) groups excluding carboxylic acids is 2. The van der Waals surface area contributed by atoms with E-state index in [0.29, 0.717) is 17.1 Å². The average molecular weight is 502 g/mol. The van der Waals surface area contributed by atoms with Crippen LogP contribution in [0.4, 0.5) is 4.39 Å². The Balaban J connectivity index is 1.27. The number of ketones is 1. The van der Waals surface area contributed by atoms with Crippen LogP contribution in [0, 0.1) is 5.82 Å². The van der Waals surface area contributed by atoms with Gasteiger partial charge in [-0.25, -0.2) is 9.37 Å². The van der Waals surface area contributed by atoms with E-state index in [0.717, 1.165) is 20.9 Å². The van der Waals surface area contributed by atoms with Gasteiger partial charge in [-0.05, 0) is 35.9 Å². The zero-order valence-electron chi connectivity index (χ0n) is 19.2. The predicted molar refractivity (Wildman–Crippen MR) is 134 cm³/mol. The normalized spacial score (nSPS) is 10.9. The molecule has 0 radical (unpaired) electrons. The van der Waals surface area contributed by atoms with Gasteiger partial charge < -0.3 is 14.0 Å². The lowest BCUT2D eigenvalue weighted by Crippen LogP contribution is -2.15. The Bertz CT molecular complexity index is 1560. The van der Waals surface area contributed by atoms with E-state index in [2.05, 4.69) is 9.97 Å². The highest BCUT2D eigenvalue weighted by atomic mass is 32.1. The monoisotopic (exact) mass is 501 g/mol. The van der Waals surface area contributed by atoms with Crippen LogP contribution < -0.4 is 9.47 Å². The highest BCUT2D eigenvalue weighted by Crippen LogP contribution is 2.39. The number of pyridine rings is 1. The highest BCUT2D eigenvalue weighted by Gasteiger charge is 2.16. The number of esters is 1. The van der Waals surface area contributed by atoms with Gasteiger partial charge in [-0.15, -0.1) is 11.3 Å². The molecule has 0 atom stereocenters. The summed E-state index contributed by atoms with van der Waals surface area (Å²) in [5.74, 6) is 0.0149. The standard InChI is InChI=1S/C27H20FN3O4S/c1-31-12-11-30-27(31)24-16-21-26(36-24)23(9-10-29-21)35-22-8-7-17(14-20(22)28)13-18(32)15-25(33)34-19-5-3-2-4-6-19/h2-12,14,16H,13,15H2,1H3. The van der Waals surface area contributed by atoms with Crippen molar-refractivity contribution in [2.45, 2.75) is 12.8 Å². The zero-order valence-corrected chi connectivity index (χ0v) is 20.0.